The van der Waals surface area contributed by atoms with Gasteiger partial charge in [-0.15, -0.1) is 0 Å². The molecule has 0 saturated carbocycles. The number of nitrogens with zero attached hydrogens (tertiary/aromatic N) is 1. The third kappa shape index (κ3) is 8.56. The molecule has 0 aliphatic carbocycles. The number of anilines is 1. The van der Waals surface area contributed by atoms with Gasteiger partial charge in [0.1, 0.15) is 5.82 Å². The van der Waals surface area contributed by atoms with Gasteiger partial charge in [0.05, 0.1) is 11.0 Å². The number of rotatable bonds is 5. The molecule has 0 radical (unpaired) electrons. The van der Waals surface area contributed by atoms with Crippen LogP contribution in [0.25, 0.3) is 22.4 Å². The van der Waals surface area contributed by atoms with Crippen molar-refractivity contribution in [1.82, 2.24) is 9.97 Å². The molecule has 1 amide bonds. The summed E-state index contributed by atoms with van der Waals surface area (Å²) < 4.78 is 0. The van der Waals surface area contributed by atoms with E-state index in [1.807, 2.05) is 94.5 Å². The number of aromatic nitrogens is 2. The predicted octanol–water partition coefficient (Wildman–Crippen LogP) is 7.11. The van der Waals surface area contributed by atoms with E-state index in [0.29, 0.717) is 5.56 Å². The summed E-state index contributed by atoms with van der Waals surface area (Å²) in [6.07, 6.45) is 12.0. The van der Waals surface area contributed by atoms with Crippen LogP contribution in [0.4, 0.5) is 5.69 Å². The number of H-pyrrole nitrogens is 1. The summed E-state index contributed by atoms with van der Waals surface area (Å²) in [4.78, 5) is 30.2. The number of imidazole rings is 1. The highest BCUT2D eigenvalue weighted by Gasteiger charge is 2.08. The van der Waals surface area contributed by atoms with E-state index in [-0.39, 0.29) is 11.7 Å². The van der Waals surface area contributed by atoms with Crippen molar-refractivity contribution in [3.8, 4) is 11.4 Å². The summed E-state index contributed by atoms with van der Waals surface area (Å²) in [5, 5.41) is 2.72. The SMILES string of the molecule is CC.CC(=O)Nc1ccc(-c2nc3ccc(C(C)=O)cc3[nH]2)cc1.C\C=C/C=C\C=C\C. The molecule has 5 heteroatoms. The minimum Gasteiger partial charge on any atom is -0.338 e. The molecule has 5 nitrogen and oxygen atoms in total. The first-order chi connectivity index (χ1) is 15.4. The Morgan fingerprint density at radius 3 is 1.97 bits per heavy atom. The molecule has 3 rings (SSSR count). The Balaban J connectivity index is 0.000000436. The Morgan fingerprint density at radius 2 is 1.47 bits per heavy atom. The summed E-state index contributed by atoms with van der Waals surface area (Å²) in [5.74, 6) is 0.649. The van der Waals surface area contributed by atoms with Gasteiger partial charge < -0.3 is 10.3 Å². The number of nitrogens with one attached hydrogen (secondary N) is 2. The molecule has 3 aromatic rings. The van der Waals surface area contributed by atoms with E-state index in [1.165, 1.54) is 6.92 Å². The van der Waals surface area contributed by atoms with Gasteiger partial charge in [-0.05, 0) is 63.2 Å². The third-order valence-electron chi connectivity index (χ3n) is 4.09. The highest BCUT2D eigenvalue weighted by atomic mass is 16.1. The summed E-state index contributed by atoms with van der Waals surface area (Å²) in [7, 11) is 0. The largest absolute Gasteiger partial charge is 0.338 e. The normalized spacial score (nSPS) is 10.7. The number of fused-ring (bicyclic) bond motifs is 1. The summed E-state index contributed by atoms with van der Waals surface area (Å²) in [6.45, 7) is 11.0. The highest BCUT2D eigenvalue weighted by Crippen LogP contribution is 2.23. The van der Waals surface area contributed by atoms with E-state index in [4.69, 9.17) is 0 Å². The minimum atomic E-state index is -0.103. The molecular formula is C27H33N3O2. The predicted molar refractivity (Wildman–Crippen MR) is 136 cm³/mol. The molecule has 0 aliphatic rings. The molecule has 1 aromatic heterocycles. The first-order valence-corrected chi connectivity index (χ1v) is 10.7. The first-order valence-electron chi connectivity index (χ1n) is 10.7. The molecule has 2 aromatic carbocycles. The Hall–Kier alpha value is -3.73. The fourth-order valence-electron chi connectivity index (χ4n) is 2.63. The van der Waals surface area contributed by atoms with E-state index in [1.54, 1.807) is 19.1 Å². The Bertz CT molecular complexity index is 1070. The van der Waals surface area contributed by atoms with Crippen molar-refractivity contribution in [2.24, 2.45) is 0 Å². The summed E-state index contributed by atoms with van der Waals surface area (Å²) >= 11 is 0. The van der Waals surface area contributed by atoms with Crippen LogP contribution < -0.4 is 5.32 Å². The van der Waals surface area contributed by atoms with Crippen LogP contribution in [-0.2, 0) is 4.79 Å². The van der Waals surface area contributed by atoms with Crippen LogP contribution in [0.15, 0.2) is 78.9 Å². The van der Waals surface area contributed by atoms with E-state index < -0.39 is 0 Å². The molecular weight excluding hydrogens is 398 g/mol. The van der Waals surface area contributed by atoms with Crippen LogP contribution in [-0.4, -0.2) is 21.7 Å². The number of carbonyl (C=O) groups is 2. The molecule has 0 atom stereocenters. The van der Waals surface area contributed by atoms with Gasteiger partial charge in [0.2, 0.25) is 5.91 Å². The lowest BCUT2D eigenvalue weighted by Crippen LogP contribution is -2.05. The molecule has 0 spiro atoms. The van der Waals surface area contributed by atoms with E-state index in [0.717, 1.165) is 28.1 Å². The molecule has 0 saturated heterocycles. The molecule has 0 bridgehead atoms. The van der Waals surface area contributed by atoms with E-state index in [2.05, 4.69) is 15.3 Å². The summed E-state index contributed by atoms with van der Waals surface area (Å²) in [6, 6.07) is 12.8. The lowest BCUT2D eigenvalue weighted by Gasteiger charge is -2.02. The average molecular weight is 432 g/mol. The van der Waals surface area contributed by atoms with Crippen LogP contribution in [0.5, 0.6) is 0 Å². The van der Waals surface area contributed by atoms with Crippen LogP contribution >= 0.6 is 0 Å². The Morgan fingerprint density at radius 1 is 0.875 bits per heavy atom. The quantitative estimate of drug-likeness (QED) is 0.334. The van der Waals surface area contributed by atoms with Gasteiger partial charge in [-0.2, -0.15) is 0 Å². The van der Waals surface area contributed by atoms with Gasteiger partial charge in [-0.1, -0.05) is 50.3 Å². The fourth-order valence-corrected chi connectivity index (χ4v) is 2.63. The number of benzene rings is 2. The molecule has 0 unspecified atom stereocenters. The van der Waals surface area contributed by atoms with Gasteiger partial charge in [-0.25, -0.2) is 4.98 Å². The van der Waals surface area contributed by atoms with Crippen molar-refractivity contribution in [3.63, 3.8) is 0 Å². The summed E-state index contributed by atoms with van der Waals surface area (Å²) in [5.41, 5.74) is 3.95. The number of Topliss-reactive ketones (excluding diaryl/α,β-unsaturated/α-hetero) is 1. The molecule has 2 N–H and O–H groups in total. The van der Waals surface area contributed by atoms with Gasteiger partial charge in [0.15, 0.2) is 5.78 Å². The van der Waals surface area contributed by atoms with Gasteiger partial charge in [0.25, 0.3) is 0 Å². The Kier molecular flexibility index (Phi) is 11.8. The smallest absolute Gasteiger partial charge is 0.221 e. The number of amides is 1. The number of allylic oxidation sites excluding steroid dienone is 6. The molecule has 0 fully saturated rings. The maximum absolute atomic E-state index is 11.4. The molecule has 32 heavy (non-hydrogen) atoms. The number of aromatic amines is 1. The molecule has 168 valence electrons. The zero-order chi connectivity index (χ0) is 23.9. The van der Waals surface area contributed by atoms with Crippen LogP contribution in [0.3, 0.4) is 0 Å². The molecule has 1 heterocycles. The van der Waals surface area contributed by atoms with Crippen molar-refractivity contribution in [2.75, 3.05) is 5.32 Å². The number of ketones is 1. The van der Waals surface area contributed by atoms with Crippen molar-refractivity contribution < 1.29 is 9.59 Å². The number of hydrogen-bond acceptors (Lipinski definition) is 3. The topological polar surface area (TPSA) is 74.8 Å². The monoisotopic (exact) mass is 431 g/mol. The van der Waals surface area contributed by atoms with Crippen molar-refractivity contribution in [3.05, 3.63) is 84.5 Å². The Labute approximate surface area is 191 Å². The lowest BCUT2D eigenvalue weighted by molar-refractivity contribution is -0.114. The third-order valence-corrected chi connectivity index (χ3v) is 4.09. The highest BCUT2D eigenvalue weighted by molar-refractivity contribution is 5.97. The molecule has 0 aliphatic heterocycles. The first kappa shape index (κ1) is 26.3. The van der Waals surface area contributed by atoms with Gasteiger partial charge >= 0.3 is 0 Å². The zero-order valence-electron chi connectivity index (χ0n) is 19.8. The van der Waals surface area contributed by atoms with Crippen LogP contribution in [0.1, 0.15) is 51.9 Å². The van der Waals surface area contributed by atoms with E-state index >= 15 is 0 Å². The minimum absolute atomic E-state index is 0.0257. The standard InChI is InChI=1S/C17H15N3O2.C8H12.C2H6/c1-10(21)13-5-8-15-16(9-13)20-17(19-15)12-3-6-14(7-4-12)18-11(2)22;1-3-5-7-8-6-4-2;1-2/h3-9H,1-2H3,(H,18,22)(H,19,20);3-8H,1-2H3;1-2H3/b;5-3-,6-4+,8-7-;. The van der Waals surface area contributed by atoms with Crippen molar-refractivity contribution in [1.29, 1.82) is 0 Å². The van der Waals surface area contributed by atoms with Crippen molar-refractivity contribution in [2.45, 2.75) is 41.5 Å². The second-order valence-corrected chi connectivity index (χ2v) is 6.57. The van der Waals surface area contributed by atoms with Gasteiger partial charge in [0, 0.05) is 23.7 Å². The van der Waals surface area contributed by atoms with E-state index in [9.17, 15) is 9.59 Å². The second-order valence-electron chi connectivity index (χ2n) is 6.57. The zero-order valence-corrected chi connectivity index (χ0v) is 19.8. The lowest BCUT2D eigenvalue weighted by atomic mass is 10.1. The maximum atomic E-state index is 11.4. The second kappa shape index (κ2) is 14.3. The number of carbonyl (C=O) groups excluding carboxylic acids is 2. The van der Waals surface area contributed by atoms with Crippen LogP contribution in [0.2, 0.25) is 0 Å². The average Bonchev–Trinajstić information content (AvgIpc) is 3.22. The number of hydrogen-bond donors (Lipinski definition) is 2. The maximum Gasteiger partial charge on any atom is 0.221 e. The van der Waals surface area contributed by atoms with Crippen LogP contribution in [0, 0.1) is 0 Å². The fraction of sp³-hybridized carbons (Fsp3) is 0.222. The van der Waals surface area contributed by atoms with Gasteiger partial charge in [-0.3, -0.25) is 9.59 Å². The van der Waals surface area contributed by atoms with Crippen molar-refractivity contribution >= 4 is 28.4 Å².